The van der Waals surface area contributed by atoms with Crippen molar-refractivity contribution in [3.05, 3.63) is 34.1 Å². The van der Waals surface area contributed by atoms with Crippen LogP contribution in [0.3, 0.4) is 0 Å². The Morgan fingerprint density at radius 2 is 2.12 bits per heavy atom. The molecule has 0 heterocycles. The van der Waals surface area contributed by atoms with Crippen LogP contribution < -0.4 is 0 Å². The predicted molar refractivity (Wildman–Crippen MR) is 70.2 cm³/mol. The molecule has 3 heteroatoms. The lowest BCUT2D eigenvalue weighted by molar-refractivity contribution is -0.0613. The molecule has 0 amide bonds. The van der Waals surface area contributed by atoms with Crippen molar-refractivity contribution in [2.45, 2.75) is 38.7 Å². The molecule has 1 aliphatic carbocycles. The van der Waals surface area contributed by atoms with Crippen molar-refractivity contribution in [1.82, 2.24) is 0 Å². The maximum atomic E-state index is 14.1. The van der Waals surface area contributed by atoms with Crippen LogP contribution in [0.4, 0.5) is 4.39 Å². The van der Waals surface area contributed by atoms with Crippen molar-refractivity contribution < 1.29 is 9.50 Å². The van der Waals surface area contributed by atoms with Gasteiger partial charge in [-0.3, -0.25) is 0 Å². The molecule has 0 spiro atoms. The Kier molecular flexibility index (Phi) is 3.60. The number of aliphatic hydroxyl groups is 1. The van der Waals surface area contributed by atoms with Crippen LogP contribution in [0.15, 0.2) is 22.7 Å². The first kappa shape index (κ1) is 13.0. The van der Waals surface area contributed by atoms with E-state index in [-0.39, 0.29) is 11.7 Å². The second-order valence-corrected chi connectivity index (χ2v) is 6.16. The molecule has 2 rings (SSSR count). The molecule has 17 heavy (non-hydrogen) atoms. The summed E-state index contributed by atoms with van der Waals surface area (Å²) in [6.45, 7) is 4.20. The Morgan fingerprint density at radius 1 is 1.41 bits per heavy atom. The lowest BCUT2D eigenvalue weighted by atomic mass is 9.69. The maximum absolute atomic E-state index is 14.1. The Bertz CT molecular complexity index is 421. The van der Waals surface area contributed by atoms with E-state index >= 15 is 0 Å². The topological polar surface area (TPSA) is 20.2 Å². The normalized spacial score (nSPS) is 33.7. The van der Waals surface area contributed by atoms with E-state index in [4.69, 9.17) is 0 Å². The van der Waals surface area contributed by atoms with Crippen molar-refractivity contribution >= 4 is 15.9 Å². The summed E-state index contributed by atoms with van der Waals surface area (Å²) < 4.78 is 14.5. The first-order chi connectivity index (χ1) is 7.95. The van der Waals surface area contributed by atoms with Gasteiger partial charge in [-0.15, -0.1) is 0 Å². The molecular weight excluding hydrogens is 283 g/mol. The lowest BCUT2D eigenvalue weighted by Crippen LogP contribution is -2.39. The molecular formula is C14H18BrFO. The Morgan fingerprint density at radius 3 is 2.76 bits per heavy atom. The van der Waals surface area contributed by atoms with Gasteiger partial charge in [-0.1, -0.05) is 26.0 Å². The van der Waals surface area contributed by atoms with Crippen LogP contribution in [0, 0.1) is 17.7 Å². The molecule has 1 nitrogen and oxygen atoms in total. The second-order valence-electron chi connectivity index (χ2n) is 5.31. The van der Waals surface area contributed by atoms with E-state index in [0.717, 1.165) is 12.8 Å². The zero-order valence-corrected chi connectivity index (χ0v) is 11.8. The first-order valence-corrected chi connectivity index (χ1v) is 6.91. The molecule has 3 atom stereocenters. The van der Waals surface area contributed by atoms with Crippen molar-refractivity contribution in [2.75, 3.05) is 0 Å². The summed E-state index contributed by atoms with van der Waals surface area (Å²) in [5, 5.41) is 10.8. The third-order valence-corrected chi connectivity index (χ3v) is 4.62. The number of benzene rings is 1. The predicted octanol–water partition coefficient (Wildman–Crippen LogP) is 4.23. The largest absolute Gasteiger partial charge is 0.385 e. The standard InChI is InChI=1S/C14H18BrFO/c1-9-6-7-14(17,10(2)8-9)11-4-3-5-12(15)13(11)16/h3-5,9-10,17H,6-8H2,1-2H3. The monoisotopic (exact) mass is 300 g/mol. The molecule has 94 valence electrons. The van der Waals surface area contributed by atoms with Gasteiger partial charge in [0.15, 0.2) is 0 Å². The quantitative estimate of drug-likeness (QED) is 0.823. The molecule has 0 aromatic heterocycles. The molecule has 1 saturated carbocycles. The summed E-state index contributed by atoms with van der Waals surface area (Å²) >= 11 is 3.18. The Balaban J connectivity index is 2.41. The number of hydrogen-bond acceptors (Lipinski definition) is 1. The molecule has 0 bridgehead atoms. The molecule has 0 radical (unpaired) electrons. The molecule has 1 N–H and O–H groups in total. The molecule has 1 aliphatic rings. The van der Waals surface area contributed by atoms with E-state index in [2.05, 4.69) is 22.9 Å². The first-order valence-electron chi connectivity index (χ1n) is 6.12. The minimum atomic E-state index is -1.01. The smallest absolute Gasteiger partial charge is 0.143 e. The summed E-state index contributed by atoms with van der Waals surface area (Å²) in [5.41, 5.74) is -0.577. The summed E-state index contributed by atoms with van der Waals surface area (Å²) in [6.07, 6.45) is 2.54. The zero-order chi connectivity index (χ0) is 12.6. The lowest BCUT2D eigenvalue weighted by Gasteiger charge is -2.41. The average Bonchev–Trinajstić information content (AvgIpc) is 2.28. The van der Waals surface area contributed by atoms with Gasteiger partial charge in [0, 0.05) is 5.56 Å². The van der Waals surface area contributed by atoms with Gasteiger partial charge in [0.2, 0.25) is 0 Å². The minimum absolute atomic E-state index is 0.0926. The summed E-state index contributed by atoms with van der Waals surface area (Å²) in [7, 11) is 0. The second kappa shape index (κ2) is 4.69. The Labute approximate surface area is 110 Å². The maximum Gasteiger partial charge on any atom is 0.143 e. The fourth-order valence-electron chi connectivity index (χ4n) is 2.87. The molecule has 3 unspecified atom stereocenters. The fourth-order valence-corrected chi connectivity index (χ4v) is 3.23. The van der Waals surface area contributed by atoms with Gasteiger partial charge >= 0.3 is 0 Å². The molecule has 1 aromatic carbocycles. The Hall–Kier alpha value is -0.410. The highest BCUT2D eigenvalue weighted by atomic mass is 79.9. The van der Waals surface area contributed by atoms with Gasteiger partial charge in [0.25, 0.3) is 0 Å². The summed E-state index contributed by atoms with van der Waals surface area (Å²) in [4.78, 5) is 0. The molecule has 0 aliphatic heterocycles. The van der Waals surface area contributed by atoms with Crippen LogP contribution in [-0.4, -0.2) is 5.11 Å². The summed E-state index contributed by atoms with van der Waals surface area (Å²) in [6, 6.07) is 5.15. The van der Waals surface area contributed by atoms with Crippen molar-refractivity contribution in [3.8, 4) is 0 Å². The van der Waals surface area contributed by atoms with E-state index in [1.165, 1.54) is 0 Å². The van der Waals surface area contributed by atoms with Crippen molar-refractivity contribution in [3.63, 3.8) is 0 Å². The fraction of sp³-hybridized carbons (Fsp3) is 0.571. The third kappa shape index (κ3) is 2.27. The highest BCUT2D eigenvalue weighted by Gasteiger charge is 2.41. The number of hydrogen-bond donors (Lipinski definition) is 1. The van der Waals surface area contributed by atoms with Crippen LogP contribution in [0.2, 0.25) is 0 Å². The van der Waals surface area contributed by atoms with Gasteiger partial charge in [-0.25, -0.2) is 4.39 Å². The van der Waals surface area contributed by atoms with E-state index < -0.39 is 5.60 Å². The van der Waals surface area contributed by atoms with Gasteiger partial charge in [0.1, 0.15) is 5.82 Å². The zero-order valence-electron chi connectivity index (χ0n) is 10.2. The number of rotatable bonds is 1. The van der Waals surface area contributed by atoms with Gasteiger partial charge in [-0.2, -0.15) is 0 Å². The summed E-state index contributed by atoms with van der Waals surface area (Å²) in [5.74, 6) is 0.381. The SMILES string of the molecule is CC1CCC(O)(c2cccc(Br)c2F)C(C)C1. The third-order valence-electron chi connectivity index (χ3n) is 4.01. The highest BCUT2D eigenvalue weighted by molar-refractivity contribution is 9.10. The van der Waals surface area contributed by atoms with E-state index in [9.17, 15) is 9.50 Å². The van der Waals surface area contributed by atoms with E-state index in [1.54, 1.807) is 18.2 Å². The number of halogens is 2. The average molecular weight is 301 g/mol. The molecule has 1 fully saturated rings. The van der Waals surface area contributed by atoms with Gasteiger partial charge in [0.05, 0.1) is 10.1 Å². The molecule has 0 saturated heterocycles. The van der Waals surface area contributed by atoms with Crippen LogP contribution >= 0.6 is 15.9 Å². The van der Waals surface area contributed by atoms with Crippen molar-refractivity contribution in [2.24, 2.45) is 11.8 Å². The van der Waals surface area contributed by atoms with Crippen LogP contribution in [-0.2, 0) is 5.60 Å². The minimum Gasteiger partial charge on any atom is -0.385 e. The molecule has 1 aromatic rings. The van der Waals surface area contributed by atoms with Gasteiger partial charge in [-0.05, 0) is 53.1 Å². The van der Waals surface area contributed by atoms with Crippen molar-refractivity contribution in [1.29, 1.82) is 0 Å². The van der Waals surface area contributed by atoms with E-state index in [1.807, 2.05) is 6.92 Å². The van der Waals surface area contributed by atoms with Crippen LogP contribution in [0.25, 0.3) is 0 Å². The van der Waals surface area contributed by atoms with Crippen LogP contribution in [0.5, 0.6) is 0 Å². The highest BCUT2D eigenvalue weighted by Crippen LogP contribution is 2.45. The van der Waals surface area contributed by atoms with E-state index in [0.29, 0.717) is 22.4 Å². The van der Waals surface area contributed by atoms with Crippen LogP contribution in [0.1, 0.15) is 38.7 Å². The van der Waals surface area contributed by atoms with Gasteiger partial charge < -0.3 is 5.11 Å².